The van der Waals surface area contributed by atoms with Gasteiger partial charge >= 0.3 is 6.03 Å². The first-order valence-corrected chi connectivity index (χ1v) is 9.42. The summed E-state index contributed by atoms with van der Waals surface area (Å²) in [6.07, 6.45) is 0.949. The van der Waals surface area contributed by atoms with Crippen LogP contribution in [0.3, 0.4) is 0 Å². The van der Waals surface area contributed by atoms with E-state index < -0.39 is 0 Å². The largest absolute Gasteiger partial charge is 0.379 e. The Bertz CT molecular complexity index is 736. The van der Waals surface area contributed by atoms with Crippen molar-refractivity contribution in [2.24, 2.45) is 0 Å². The maximum absolute atomic E-state index is 12.5. The minimum absolute atomic E-state index is 0.0301. The quantitative estimate of drug-likeness (QED) is 0.835. The molecule has 0 bridgehead atoms. The molecule has 1 fully saturated rings. The van der Waals surface area contributed by atoms with Gasteiger partial charge in [-0.05, 0) is 31.9 Å². The number of carbonyl (C=O) groups is 1. The Kier molecular flexibility index (Phi) is 6.16. The van der Waals surface area contributed by atoms with Crippen LogP contribution in [-0.2, 0) is 11.3 Å². The predicted molar refractivity (Wildman–Crippen MR) is 104 cm³/mol. The number of nitrogens with zero attached hydrogens (tertiary/aromatic N) is 2. The SMILES string of the molecule is Cc1c(CN(C)C(=O)N[C@@H](C)CCN2CCOCC2)[nH]c2ccccc12. The number of morpholine rings is 1. The van der Waals surface area contributed by atoms with Gasteiger partial charge in [0.2, 0.25) is 0 Å². The van der Waals surface area contributed by atoms with Gasteiger partial charge in [-0.15, -0.1) is 0 Å². The third kappa shape index (κ3) is 4.56. The Morgan fingerprint density at radius 2 is 2.08 bits per heavy atom. The van der Waals surface area contributed by atoms with Crippen molar-refractivity contribution in [2.45, 2.75) is 32.9 Å². The topological polar surface area (TPSA) is 60.6 Å². The normalized spacial score (nSPS) is 16.6. The highest BCUT2D eigenvalue weighted by Crippen LogP contribution is 2.22. The van der Waals surface area contributed by atoms with Gasteiger partial charge in [0.05, 0.1) is 19.8 Å². The monoisotopic (exact) mass is 358 g/mol. The summed E-state index contributed by atoms with van der Waals surface area (Å²) in [6.45, 7) is 9.34. The number of hydrogen-bond donors (Lipinski definition) is 2. The fourth-order valence-corrected chi connectivity index (χ4v) is 3.40. The van der Waals surface area contributed by atoms with E-state index in [1.165, 1.54) is 10.9 Å². The highest BCUT2D eigenvalue weighted by molar-refractivity contribution is 5.84. The zero-order valence-corrected chi connectivity index (χ0v) is 16.0. The summed E-state index contributed by atoms with van der Waals surface area (Å²) in [5.74, 6) is 0. The zero-order chi connectivity index (χ0) is 18.5. The van der Waals surface area contributed by atoms with E-state index in [0.717, 1.165) is 50.5 Å². The summed E-state index contributed by atoms with van der Waals surface area (Å²) < 4.78 is 5.37. The average Bonchev–Trinajstić information content (AvgIpc) is 2.97. The van der Waals surface area contributed by atoms with Crippen molar-refractivity contribution in [3.63, 3.8) is 0 Å². The van der Waals surface area contributed by atoms with E-state index in [9.17, 15) is 4.79 Å². The van der Waals surface area contributed by atoms with Crippen molar-refractivity contribution in [3.8, 4) is 0 Å². The molecular weight excluding hydrogens is 328 g/mol. The van der Waals surface area contributed by atoms with E-state index in [0.29, 0.717) is 6.54 Å². The van der Waals surface area contributed by atoms with Gasteiger partial charge in [0.15, 0.2) is 0 Å². The van der Waals surface area contributed by atoms with Crippen molar-refractivity contribution in [1.29, 1.82) is 0 Å². The number of carbonyl (C=O) groups excluding carboxylic acids is 1. The Balaban J connectivity index is 1.49. The number of amides is 2. The summed E-state index contributed by atoms with van der Waals surface area (Å²) >= 11 is 0. The molecule has 142 valence electrons. The number of H-pyrrole nitrogens is 1. The smallest absolute Gasteiger partial charge is 0.317 e. The molecule has 6 nitrogen and oxygen atoms in total. The Hall–Kier alpha value is -2.05. The van der Waals surface area contributed by atoms with E-state index in [-0.39, 0.29) is 12.1 Å². The molecule has 0 saturated carbocycles. The molecule has 6 heteroatoms. The molecule has 3 rings (SSSR count). The number of benzene rings is 1. The van der Waals surface area contributed by atoms with Crippen LogP contribution in [0.25, 0.3) is 10.9 Å². The first-order valence-electron chi connectivity index (χ1n) is 9.42. The van der Waals surface area contributed by atoms with Gasteiger partial charge in [-0.3, -0.25) is 4.90 Å². The number of urea groups is 1. The molecule has 0 unspecified atom stereocenters. The van der Waals surface area contributed by atoms with E-state index in [1.54, 1.807) is 4.90 Å². The number of hydrogen-bond acceptors (Lipinski definition) is 3. The molecule has 1 aliphatic rings. The van der Waals surface area contributed by atoms with E-state index in [1.807, 2.05) is 19.2 Å². The summed E-state index contributed by atoms with van der Waals surface area (Å²) in [4.78, 5) is 20.1. The molecule has 0 aliphatic carbocycles. The lowest BCUT2D eigenvalue weighted by molar-refractivity contribution is 0.0364. The highest BCUT2D eigenvalue weighted by atomic mass is 16.5. The molecule has 0 spiro atoms. The van der Waals surface area contributed by atoms with Crippen molar-refractivity contribution >= 4 is 16.9 Å². The number of fused-ring (bicyclic) bond motifs is 1. The van der Waals surface area contributed by atoms with Gasteiger partial charge in [-0.25, -0.2) is 4.79 Å². The second kappa shape index (κ2) is 8.56. The van der Waals surface area contributed by atoms with E-state index in [4.69, 9.17) is 4.74 Å². The van der Waals surface area contributed by atoms with Gasteiger partial charge in [0.25, 0.3) is 0 Å². The van der Waals surface area contributed by atoms with Crippen molar-refractivity contribution in [2.75, 3.05) is 39.9 Å². The van der Waals surface area contributed by atoms with E-state index >= 15 is 0 Å². The molecule has 2 amide bonds. The fourth-order valence-electron chi connectivity index (χ4n) is 3.40. The standard InChI is InChI=1S/C20H30N4O2/c1-15(8-9-24-10-12-26-13-11-24)21-20(25)23(3)14-19-16(2)17-6-4-5-7-18(17)22-19/h4-7,15,22H,8-14H2,1-3H3,(H,21,25)/t15-/m0/s1. The molecule has 2 heterocycles. The first-order chi connectivity index (χ1) is 12.5. The Morgan fingerprint density at radius 3 is 2.81 bits per heavy atom. The summed E-state index contributed by atoms with van der Waals surface area (Å²) in [6, 6.07) is 8.36. The van der Waals surface area contributed by atoms with Gasteiger partial charge in [-0.2, -0.15) is 0 Å². The minimum Gasteiger partial charge on any atom is -0.379 e. The molecule has 0 radical (unpaired) electrons. The highest BCUT2D eigenvalue weighted by Gasteiger charge is 2.17. The van der Waals surface area contributed by atoms with Crippen LogP contribution >= 0.6 is 0 Å². The van der Waals surface area contributed by atoms with Crippen LogP contribution in [0.2, 0.25) is 0 Å². The number of para-hydroxylation sites is 1. The minimum atomic E-state index is -0.0301. The maximum Gasteiger partial charge on any atom is 0.317 e. The van der Waals surface area contributed by atoms with Crippen LogP contribution in [0.1, 0.15) is 24.6 Å². The Morgan fingerprint density at radius 1 is 1.35 bits per heavy atom. The first kappa shape index (κ1) is 18.7. The number of nitrogens with one attached hydrogen (secondary N) is 2. The second-order valence-electron chi connectivity index (χ2n) is 7.22. The van der Waals surface area contributed by atoms with Crippen molar-refractivity contribution in [3.05, 3.63) is 35.5 Å². The molecule has 1 saturated heterocycles. The van der Waals surface area contributed by atoms with Crippen molar-refractivity contribution < 1.29 is 9.53 Å². The lowest BCUT2D eigenvalue weighted by Crippen LogP contribution is -2.44. The predicted octanol–water partition coefficient (Wildman–Crippen LogP) is 2.73. The van der Waals surface area contributed by atoms with E-state index in [2.05, 4.69) is 41.2 Å². The van der Waals surface area contributed by atoms with Crippen LogP contribution in [0.4, 0.5) is 4.79 Å². The Labute approximate surface area is 155 Å². The van der Waals surface area contributed by atoms with Crippen LogP contribution in [0.5, 0.6) is 0 Å². The van der Waals surface area contributed by atoms with Crippen LogP contribution < -0.4 is 5.32 Å². The summed E-state index contributed by atoms with van der Waals surface area (Å²) in [7, 11) is 1.84. The number of ether oxygens (including phenoxy) is 1. The summed E-state index contributed by atoms with van der Waals surface area (Å²) in [5, 5.41) is 4.33. The van der Waals surface area contributed by atoms with Crippen LogP contribution in [0.15, 0.2) is 24.3 Å². The number of rotatable bonds is 6. The molecule has 2 N–H and O–H groups in total. The number of aryl methyl sites for hydroxylation is 1. The third-order valence-corrected chi connectivity index (χ3v) is 5.16. The molecule has 1 aliphatic heterocycles. The molecule has 1 aromatic heterocycles. The van der Waals surface area contributed by atoms with Gasteiger partial charge in [-0.1, -0.05) is 18.2 Å². The lowest BCUT2D eigenvalue weighted by atomic mass is 10.1. The van der Waals surface area contributed by atoms with Crippen LogP contribution in [0, 0.1) is 6.92 Å². The van der Waals surface area contributed by atoms with Crippen LogP contribution in [-0.4, -0.2) is 66.8 Å². The van der Waals surface area contributed by atoms with Gasteiger partial charge in [0.1, 0.15) is 0 Å². The van der Waals surface area contributed by atoms with Gasteiger partial charge < -0.3 is 19.9 Å². The number of aromatic nitrogens is 1. The third-order valence-electron chi connectivity index (χ3n) is 5.16. The molecule has 26 heavy (non-hydrogen) atoms. The average molecular weight is 358 g/mol. The number of aromatic amines is 1. The maximum atomic E-state index is 12.5. The zero-order valence-electron chi connectivity index (χ0n) is 16.0. The van der Waals surface area contributed by atoms with Gasteiger partial charge in [0, 0.05) is 49.3 Å². The lowest BCUT2D eigenvalue weighted by Gasteiger charge is -2.28. The molecule has 1 atom stereocenters. The summed E-state index contributed by atoms with van der Waals surface area (Å²) in [5.41, 5.74) is 3.41. The van der Waals surface area contributed by atoms with Crippen molar-refractivity contribution in [1.82, 2.24) is 20.1 Å². The molecular formula is C20H30N4O2. The molecule has 1 aromatic carbocycles. The second-order valence-corrected chi connectivity index (χ2v) is 7.22. The molecule has 2 aromatic rings. The fraction of sp³-hybridized carbons (Fsp3) is 0.550.